The quantitative estimate of drug-likeness (QED) is 0.354. The number of nitrogens with one attached hydrogen (secondary N) is 1. The molecule has 0 spiro atoms. The summed E-state index contributed by atoms with van der Waals surface area (Å²) >= 11 is 6.18. The van der Waals surface area contributed by atoms with E-state index in [4.69, 9.17) is 11.6 Å². The number of carbonyl (C=O) groups is 2. The molecule has 0 aliphatic rings. The number of anilines is 1. The summed E-state index contributed by atoms with van der Waals surface area (Å²) in [6, 6.07) is 22.8. The highest BCUT2D eigenvalue weighted by atomic mass is 35.5. The van der Waals surface area contributed by atoms with Crippen LogP contribution in [0.3, 0.4) is 0 Å². The Balaban J connectivity index is 2.03. The molecule has 0 heterocycles. The number of sulfonamides is 1. The van der Waals surface area contributed by atoms with Gasteiger partial charge < -0.3 is 10.2 Å². The SMILES string of the molecule is CCCNC(=O)[C@@H](CC)N(Cc1ccccc1)C(=O)CN(c1cccc(Cl)c1)S(=O)(=O)c1ccccc1. The van der Waals surface area contributed by atoms with E-state index in [2.05, 4.69) is 5.32 Å². The smallest absolute Gasteiger partial charge is 0.264 e. The third-order valence-electron chi connectivity index (χ3n) is 5.84. The van der Waals surface area contributed by atoms with Gasteiger partial charge in [-0.15, -0.1) is 0 Å². The van der Waals surface area contributed by atoms with Crippen molar-refractivity contribution in [1.82, 2.24) is 10.2 Å². The number of benzene rings is 3. The van der Waals surface area contributed by atoms with Crippen molar-refractivity contribution in [2.75, 3.05) is 17.4 Å². The Labute approximate surface area is 224 Å². The van der Waals surface area contributed by atoms with Crippen LogP contribution >= 0.6 is 11.6 Å². The summed E-state index contributed by atoms with van der Waals surface area (Å²) < 4.78 is 28.5. The molecule has 1 atom stereocenters. The molecule has 0 saturated carbocycles. The molecule has 0 bridgehead atoms. The minimum atomic E-state index is -4.11. The molecule has 2 amide bonds. The number of rotatable bonds is 12. The van der Waals surface area contributed by atoms with Crippen molar-refractivity contribution >= 4 is 39.1 Å². The van der Waals surface area contributed by atoms with Gasteiger partial charge in [0.1, 0.15) is 12.6 Å². The van der Waals surface area contributed by atoms with Crippen molar-refractivity contribution in [2.24, 2.45) is 0 Å². The highest BCUT2D eigenvalue weighted by Crippen LogP contribution is 2.27. The summed E-state index contributed by atoms with van der Waals surface area (Å²) in [6.07, 6.45) is 1.13. The summed E-state index contributed by atoms with van der Waals surface area (Å²) in [5.74, 6) is -0.768. The molecule has 3 aromatic rings. The second-order valence-electron chi connectivity index (χ2n) is 8.53. The first-order chi connectivity index (χ1) is 17.8. The van der Waals surface area contributed by atoms with Gasteiger partial charge in [-0.05, 0) is 48.7 Å². The molecule has 196 valence electrons. The zero-order chi connectivity index (χ0) is 26.8. The number of nitrogens with zero attached hydrogens (tertiary/aromatic N) is 2. The third kappa shape index (κ3) is 7.33. The molecule has 7 nitrogen and oxygen atoms in total. The van der Waals surface area contributed by atoms with Gasteiger partial charge in [-0.25, -0.2) is 8.42 Å². The van der Waals surface area contributed by atoms with Gasteiger partial charge in [0.25, 0.3) is 10.0 Å². The van der Waals surface area contributed by atoms with E-state index in [0.717, 1.165) is 16.3 Å². The molecule has 0 aromatic heterocycles. The minimum Gasteiger partial charge on any atom is -0.354 e. The zero-order valence-electron chi connectivity index (χ0n) is 21.0. The van der Waals surface area contributed by atoms with Crippen LogP contribution in [-0.2, 0) is 26.2 Å². The van der Waals surface area contributed by atoms with Crippen LogP contribution in [0.25, 0.3) is 0 Å². The number of hydrogen-bond acceptors (Lipinski definition) is 4. The van der Waals surface area contributed by atoms with E-state index in [0.29, 0.717) is 18.0 Å². The van der Waals surface area contributed by atoms with E-state index in [-0.39, 0.29) is 23.0 Å². The van der Waals surface area contributed by atoms with Crippen molar-refractivity contribution in [3.8, 4) is 0 Å². The fraction of sp³-hybridized carbons (Fsp3) is 0.286. The van der Waals surface area contributed by atoms with E-state index in [1.54, 1.807) is 36.4 Å². The van der Waals surface area contributed by atoms with Crippen LogP contribution in [0.4, 0.5) is 5.69 Å². The van der Waals surface area contributed by atoms with E-state index in [1.165, 1.54) is 23.1 Å². The standard InChI is InChI=1S/C28H32ClN3O4S/c1-3-18-30-28(34)26(4-2)31(20-22-12-7-5-8-13-22)27(33)21-32(24-15-11-14-23(29)19-24)37(35,36)25-16-9-6-10-17-25/h5-17,19,26H,3-4,18,20-21H2,1-2H3,(H,30,34)/t26-/m1/s1. The summed E-state index contributed by atoms with van der Waals surface area (Å²) in [5.41, 5.74) is 1.09. The Morgan fingerprint density at radius 3 is 2.16 bits per heavy atom. The Hall–Kier alpha value is -3.36. The molecule has 3 aromatic carbocycles. The van der Waals surface area contributed by atoms with Gasteiger partial charge in [-0.3, -0.25) is 13.9 Å². The fourth-order valence-corrected chi connectivity index (χ4v) is 5.56. The molecule has 0 radical (unpaired) electrons. The van der Waals surface area contributed by atoms with E-state index in [1.807, 2.05) is 44.2 Å². The fourth-order valence-electron chi connectivity index (χ4n) is 3.95. The Bertz CT molecular complexity index is 1290. The summed E-state index contributed by atoms with van der Waals surface area (Å²) in [4.78, 5) is 28.4. The first-order valence-electron chi connectivity index (χ1n) is 12.2. The van der Waals surface area contributed by atoms with Crippen LogP contribution in [-0.4, -0.2) is 44.3 Å². The first kappa shape index (κ1) is 28.2. The lowest BCUT2D eigenvalue weighted by atomic mass is 10.1. The monoisotopic (exact) mass is 541 g/mol. The molecule has 9 heteroatoms. The molecule has 0 aliphatic carbocycles. The van der Waals surface area contributed by atoms with Crippen molar-refractivity contribution in [3.05, 3.63) is 95.5 Å². The molecule has 0 fully saturated rings. The molecular formula is C28H32ClN3O4S. The minimum absolute atomic E-state index is 0.0464. The summed E-state index contributed by atoms with van der Waals surface area (Å²) in [7, 11) is -4.11. The molecule has 0 aliphatic heterocycles. The highest BCUT2D eigenvalue weighted by Gasteiger charge is 2.33. The summed E-state index contributed by atoms with van der Waals surface area (Å²) in [6.45, 7) is 3.93. The number of carbonyl (C=O) groups excluding carboxylic acids is 2. The third-order valence-corrected chi connectivity index (χ3v) is 7.86. The van der Waals surface area contributed by atoms with Crippen molar-refractivity contribution < 1.29 is 18.0 Å². The number of halogens is 1. The van der Waals surface area contributed by atoms with E-state index >= 15 is 0 Å². The predicted molar refractivity (Wildman–Crippen MR) is 147 cm³/mol. The lowest BCUT2D eigenvalue weighted by Gasteiger charge is -2.33. The van der Waals surface area contributed by atoms with Crippen LogP contribution in [0.15, 0.2) is 89.8 Å². The average molecular weight is 542 g/mol. The molecule has 3 rings (SSSR count). The van der Waals surface area contributed by atoms with Crippen LogP contribution in [0.2, 0.25) is 5.02 Å². The molecule has 0 saturated heterocycles. The van der Waals surface area contributed by atoms with Gasteiger partial charge in [0.15, 0.2) is 0 Å². The Morgan fingerprint density at radius 1 is 0.919 bits per heavy atom. The van der Waals surface area contributed by atoms with Gasteiger partial charge >= 0.3 is 0 Å². The van der Waals surface area contributed by atoms with Crippen molar-refractivity contribution in [3.63, 3.8) is 0 Å². The average Bonchev–Trinajstić information content (AvgIpc) is 2.91. The van der Waals surface area contributed by atoms with E-state index < -0.39 is 28.5 Å². The van der Waals surface area contributed by atoms with Gasteiger partial charge in [-0.1, -0.05) is 80.0 Å². The van der Waals surface area contributed by atoms with Crippen LogP contribution in [0.5, 0.6) is 0 Å². The topological polar surface area (TPSA) is 86.8 Å². The molecular weight excluding hydrogens is 510 g/mol. The van der Waals surface area contributed by atoms with E-state index in [9.17, 15) is 18.0 Å². The number of hydrogen-bond donors (Lipinski definition) is 1. The maximum atomic E-state index is 13.9. The van der Waals surface area contributed by atoms with Gasteiger partial charge in [-0.2, -0.15) is 0 Å². The molecule has 37 heavy (non-hydrogen) atoms. The molecule has 1 N–H and O–H groups in total. The Kier molecular flexibility index (Phi) is 10.1. The summed E-state index contributed by atoms with van der Waals surface area (Å²) in [5, 5.41) is 3.21. The maximum Gasteiger partial charge on any atom is 0.264 e. The lowest BCUT2D eigenvalue weighted by Crippen LogP contribution is -2.52. The normalized spacial score (nSPS) is 12.0. The zero-order valence-corrected chi connectivity index (χ0v) is 22.6. The number of amides is 2. The molecule has 0 unspecified atom stereocenters. The highest BCUT2D eigenvalue weighted by molar-refractivity contribution is 7.92. The largest absolute Gasteiger partial charge is 0.354 e. The van der Waals surface area contributed by atoms with Crippen molar-refractivity contribution in [2.45, 2.75) is 44.2 Å². The van der Waals surface area contributed by atoms with Crippen molar-refractivity contribution in [1.29, 1.82) is 0 Å². The predicted octanol–water partition coefficient (Wildman–Crippen LogP) is 4.87. The first-order valence-corrected chi connectivity index (χ1v) is 14.0. The van der Waals surface area contributed by atoms with Crippen LogP contribution < -0.4 is 9.62 Å². The second-order valence-corrected chi connectivity index (χ2v) is 10.8. The second kappa shape index (κ2) is 13.3. The van der Waals surface area contributed by atoms with Gasteiger partial charge in [0.2, 0.25) is 11.8 Å². The van der Waals surface area contributed by atoms with Gasteiger partial charge in [0.05, 0.1) is 10.6 Å². The lowest BCUT2D eigenvalue weighted by molar-refractivity contribution is -0.140. The van der Waals surface area contributed by atoms with Crippen LogP contribution in [0, 0.1) is 0 Å². The maximum absolute atomic E-state index is 13.9. The van der Waals surface area contributed by atoms with Gasteiger partial charge in [0, 0.05) is 18.1 Å². The Morgan fingerprint density at radius 2 is 1.57 bits per heavy atom. The van der Waals surface area contributed by atoms with Crippen LogP contribution in [0.1, 0.15) is 32.3 Å².